The number of hydrogen-bond acceptors (Lipinski definition) is 1. The Morgan fingerprint density at radius 3 is 2.55 bits per heavy atom. The summed E-state index contributed by atoms with van der Waals surface area (Å²) in [5.41, 5.74) is 0.942. The van der Waals surface area contributed by atoms with Crippen LogP contribution in [0, 0.1) is 11.6 Å². The Balaban J connectivity index is 2.34. The highest BCUT2D eigenvalue weighted by Crippen LogP contribution is 2.28. The van der Waals surface area contributed by atoms with Crippen LogP contribution in [0.3, 0.4) is 0 Å². The minimum atomic E-state index is -0.454. The molecular formula is C15H13BrClF2N. The van der Waals surface area contributed by atoms with Gasteiger partial charge in [-0.15, -0.1) is 0 Å². The lowest BCUT2D eigenvalue weighted by Gasteiger charge is -2.18. The molecule has 1 N–H and O–H groups in total. The summed E-state index contributed by atoms with van der Waals surface area (Å²) in [5, 5.41) is 3.09. The number of nitrogens with one attached hydrogen (secondary N) is 1. The predicted molar refractivity (Wildman–Crippen MR) is 81.0 cm³/mol. The lowest BCUT2D eigenvalue weighted by molar-refractivity contribution is 0.517. The zero-order valence-corrected chi connectivity index (χ0v) is 13.1. The summed E-state index contributed by atoms with van der Waals surface area (Å²) < 4.78 is 28.4. The Kier molecular flexibility index (Phi) is 5.13. The largest absolute Gasteiger partial charge is 0.313 e. The van der Waals surface area contributed by atoms with Crippen molar-refractivity contribution in [2.75, 3.05) is 7.05 Å². The molecule has 0 aliphatic heterocycles. The average Bonchev–Trinajstić information content (AvgIpc) is 2.44. The van der Waals surface area contributed by atoms with Crippen LogP contribution in [0.1, 0.15) is 17.2 Å². The molecule has 0 aliphatic rings. The summed E-state index contributed by atoms with van der Waals surface area (Å²) in [7, 11) is 1.72. The van der Waals surface area contributed by atoms with Gasteiger partial charge in [-0.2, -0.15) is 0 Å². The van der Waals surface area contributed by atoms with E-state index in [1.165, 1.54) is 6.07 Å². The molecule has 0 heterocycles. The molecule has 0 saturated heterocycles. The second-order valence-electron chi connectivity index (χ2n) is 4.40. The van der Waals surface area contributed by atoms with Gasteiger partial charge in [0.2, 0.25) is 0 Å². The molecule has 0 amide bonds. The van der Waals surface area contributed by atoms with Crippen molar-refractivity contribution in [2.45, 2.75) is 12.5 Å². The SMILES string of the molecule is CNC(Cc1cccc(Cl)c1F)c1cccc(Br)c1F. The van der Waals surface area contributed by atoms with E-state index >= 15 is 0 Å². The van der Waals surface area contributed by atoms with E-state index in [1.54, 1.807) is 37.4 Å². The second kappa shape index (κ2) is 6.66. The zero-order valence-electron chi connectivity index (χ0n) is 10.8. The van der Waals surface area contributed by atoms with Crippen LogP contribution in [0.15, 0.2) is 40.9 Å². The Morgan fingerprint density at radius 2 is 1.85 bits per heavy atom. The molecule has 0 aliphatic carbocycles. The van der Waals surface area contributed by atoms with E-state index in [-0.39, 0.29) is 16.9 Å². The normalized spacial score (nSPS) is 12.4. The van der Waals surface area contributed by atoms with Crippen LogP contribution in [-0.2, 0) is 6.42 Å². The van der Waals surface area contributed by atoms with Gasteiger partial charge in [0, 0.05) is 11.6 Å². The van der Waals surface area contributed by atoms with Crippen molar-refractivity contribution in [3.05, 3.63) is 68.7 Å². The number of likely N-dealkylation sites (N-methyl/N-ethyl adjacent to an activating group) is 1. The standard InChI is InChI=1S/C15H13BrClF2N/c1-20-13(10-5-3-6-11(16)15(10)19)8-9-4-2-7-12(17)14(9)18/h2-7,13,20H,8H2,1H3. The first-order chi connectivity index (χ1) is 9.54. The van der Waals surface area contributed by atoms with Gasteiger partial charge in [0.15, 0.2) is 0 Å². The topological polar surface area (TPSA) is 12.0 Å². The number of hydrogen-bond donors (Lipinski definition) is 1. The summed E-state index contributed by atoms with van der Waals surface area (Å²) in [4.78, 5) is 0. The van der Waals surface area contributed by atoms with E-state index in [2.05, 4.69) is 21.2 Å². The maximum Gasteiger partial charge on any atom is 0.145 e. The maximum atomic E-state index is 14.1. The lowest BCUT2D eigenvalue weighted by atomic mass is 9.98. The van der Waals surface area contributed by atoms with E-state index in [0.717, 1.165) is 0 Å². The highest BCUT2D eigenvalue weighted by atomic mass is 79.9. The fourth-order valence-corrected chi connectivity index (χ4v) is 2.66. The van der Waals surface area contributed by atoms with E-state index in [9.17, 15) is 8.78 Å². The monoisotopic (exact) mass is 359 g/mol. The first-order valence-corrected chi connectivity index (χ1v) is 7.25. The third-order valence-corrected chi connectivity index (χ3v) is 4.07. The first-order valence-electron chi connectivity index (χ1n) is 6.08. The van der Waals surface area contributed by atoms with Crippen LogP contribution < -0.4 is 5.32 Å². The minimum Gasteiger partial charge on any atom is -0.313 e. The highest BCUT2D eigenvalue weighted by molar-refractivity contribution is 9.10. The van der Waals surface area contributed by atoms with Crippen molar-refractivity contribution in [3.63, 3.8) is 0 Å². The Hall–Kier alpha value is -0.970. The highest BCUT2D eigenvalue weighted by Gasteiger charge is 2.18. The molecule has 0 aromatic heterocycles. The maximum absolute atomic E-state index is 14.1. The van der Waals surface area contributed by atoms with Crippen molar-refractivity contribution in [3.8, 4) is 0 Å². The fraction of sp³-hybridized carbons (Fsp3) is 0.200. The number of halogens is 4. The molecule has 1 atom stereocenters. The van der Waals surface area contributed by atoms with Gasteiger partial charge in [-0.3, -0.25) is 0 Å². The Bertz CT molecular complexity index is 619. The van der Waals surface area contributed by atoms with E-state index in [1.807, 2.05) is 0 Å². The van der Waals surface area contributed by atoms with Gasteiger partial charge in [0.1, 0.15) is 11.6 Å². The molecular weight excluding hydrogens is 348 g/mol. The van der Waals surface area contributed by atoms with E-state index < -0.39 is 5.82 Å². The zero-order chi connectivity index (χ0) is 14.7. The van der Waals surface area contributed by atoms with Crippen molar-refractivity contribution < 1.29 is 8.78 Å². The van der Waals surface area contributed by atoms with Gasteiger partial charge in [-0.25, -0.2) is 8.78 Å². The second-order valence-corrected chi connectivity index (χ2v) is 5.66. The molecule has 106 valence electrons. The summed E-state index contributed by atoms with van der Waals surface area (Å²) >= 11 is 8.92. The van der Waals surface area contributed by atoms with Crippen LogP contribution in [-0.4, -0.2) is 7.05 Å². The van der Waals surface area contributed by atoms with E-state index in [0.29, 0.717) is 22.0 Å². The van der Waals surface area contributed by atoms with Gasteiger partial charge in [0.25, 0.3) is 0 Å². The molecule has 2 rings (SSSR count). The number of benzene rings is 2. The molecule has 0 bridgehead atoms. The smallest absolute Gasteiger partial charge is 0.145 e. The third kappa shape index (κ3) is 3.19. The molecule has 2 aromatic carbocycles. The van der Waals surface area contributed by atoms with Crippen molar-refractivity contribution in [2.24, 2.45) is 0 Å². The van der Waals surface area contributed by atoms with Gasteiger partial charge in [-0.1, -0.05) is 35.9 Å². The van der Waals surface area contributed by atoms with Gasteiger partial charge in [-0.05, 0) is 47.1 Å². The number of rotatable bonds is 4. The van der Waals surface area contributed by atoms with Gasteiger partial charge >= 0.3 is 0 Å². The predicted octanol–water partition coefficient (Wildman–Crippen LogP) is 4.88. The molecule has 1 unspecified atom stereocenters. The average molecular weight is 361 g/mol. The summed E-state index contributed by atoms with van der Waals surface area (Å²) in [5.74, 6) is -0.792. The van der Waals surface area contributed by atoms with E-state index in [4.69, 9.17) is 11.6 Å². The summed E-state index contributed by atoms with van der Waals surface area (Å²) in [6.07, 6.45) is 0.316. The van der Waals surface area contributed by atoms with Crippen LogP contribution in [0.25, 0.3) is 0 Å². The van der Waals surface area contributed by atoms with Crippen LogP contribution in [0.4, 0.5) is 8.78 Å². The molecule has 5 heteroatoms. The van der Waals surface area contributed by atoms with Crippen LogP contribution in [0.2, 0.25) is 5.02 Å². The van der Waals surface area contributed by atoms with Crippen molar-refractivity contribution >= 4 is 27.5 Å². The quantitative estimate of drug-likeness (QED) is 0.819. The Labute approximate surface area is 130 Å². The molecule has 0 spiro atoms. The summed E-state index contributed by atoms with van der Waals surface area (Å²) in [6.45, 7) is 0. The first kappa shape index (κ1) is 15.4. The summed E-state index contributed by atoms with van der Waals surface area (Å²) in [6, 6.07) is 9.57. The molecule has 0 saturated carbocycles. The van der Waals surface area contributed by atoms with Gasteiger partial charge < -0.3 is 5.32 Å². The minimum absolute atomic E-state index is 0.0760. The van der Waals surface area contributed by atoms with Crippen molar-refractivity contribution in [1.29, 1.82) is 0 Å². The molecule has 0 fully saturated rings. The van der Waals surface area contributed by atoms with Gasteiger partial charge in [0.05, 0.1) is 9.50 Å². The van der Waals surface area contributed by atoms with Crippen LogP contribution >= 0.6 is 27.5 Å². The molecule has 0 radical (unpaired) electrons. The molecule has 1 nitrogen and oxygen atoms in total. The fourth-order valence-electron chi connectivity index (χ4n) is 2.08. The molecule has 2 aromatic rings. The lowest BCUT2D eigenvalue weighted by Crippen LogP contribution is -2.20. The third-order valence-electron chi connectivity index (χ3n) is 3.16. The van der Waals surface area contributed by atoms with Crippen LogP contribution in [0.5, 0.6) is 0 Å². The van der Waals surface area contributed by atoms with Crippen molar-refractivity contribution in [1.82, 2.24) is 5.32 Å². The molecule has 20 heavy (non-hydrogen) atoms. The Morgan fingerprint density at radius 1 is 1.15 bits per heavy atom.